The quantitative estimate of drug-likeness (QED) is 0.786. The molecule has 0 bridgehead atoms. The zero-order valence-corrected chi connectivity index (χ0v) is 8.15. The maximum absolute atomic E-state index is 5.40. The molecule has 1 aromatic carbocycles. The molecular formula is C12H15NO. The van der Waals surface area contributed by atoms with E-state index in [1.54, 1.807) is 0 Å². The van der Waals surface area contributed by atoms with Crippen LogP contribution >= 0.6 is 0 Å². The number of hydrogen-bond acceptors (Lipinski definition) is 2. The van der Waals surface area contributed by atoms with Gasteiger partial charge in [0.15, 0.2) is 0 Å². The number of rotatable bonds is 3. The molecule has 0 saturated carbocycles. The van der Waals surface area contributed by atoms with E-state index in [1.807, 2.05) is 6.08 Å². The fraction of sp³-hybridized carbons (Fsp3) is 0.333. The molecule has 1 aromatic rings. The summed E-state index contributed by atoms with van der Waals surface area (Å²) in [6.07, 6.45) is 4.03. The van der Waals surface area contributed by atoms with Crippen molar-refractivity contribution in [1.29, 1.82) is 0 Å². The van der Waals surface area contributed by atoms with Crippen molar-refractivity contribution in [2.24, 2.45) is 5.73 Å². The van der Waals surface area contributed by atoms with Crippen LogP contribution in [0.5, 0.6) is 0 Å². The van der Waals surface area contributed by atoms with Gasteiger partial charge in [0.25, 0.3) is 0 Å². The predicted octanol–water partition coefficient (Wildman–Crippen LogP) is 1.77. The average Bonchev–Trinajstić information content (AvgIpc) is 2.13. The zero-order chi connectivity index (χ0) is 9.80. The Bertz CT molecular complexity index is 329. The molecule has 1 fully saturated rings. The Hall–Kier alpha value is -1.12. The largest absolute Gasteiger partial charge is 0.380 e. The Kier molecular flexibility index (Phi) is 2.96. The summed E-state index contributed by atoms with van der Waals surface area (Å²) in [5.74, 6) is 0.598. The summed E-state index contributed by atoms with van der Waals surface area (Å²) in [6, 6.07) is 8.55. The second kappa shape index (κ2) is 4.40. The Balaban J connectivity index is 2.13. The average molecular weight is 189 g/mol. The van der Waals surface area contributed by atoms with Gasteiger partial charge in [-0.25, -0.2) is 0 Å². The summed E-state index contributed by atoms with van der Waals surface area (Å²) < 4.78 is 5.17. The molecule has 1 saturated heterocycles. The van der Waals surface area contributed by atoms with E-state index < -0.39 is 0 Å². The smallest absolute Gasteiger partial charge is 0.0557 e. The third kappa shape index (κ3) is 2.03. The lowest BCUT2D eigenvalue weighted by Crippen LogP contribution is -2.24. The number of hydrogen-bond donors (Lipinski definition) is 1. The van der Waals surface area contributed by atoms with E-state index in [-0.39, 0.29) is 0 Å². The van der Waals surface area contributed by atoms with Crippen molar-refractivity contribution in [3.05, 3.63) is 41.5 Å². The lowest BCUT2D eigenvalue weighted by molar-refractivity contribution is 0.00842. The second-order valence-electron chi connectivity index (χ2n) is 3.54. The zero-order valence-electron chi connectivity index (χ0n) is 8.15. The van der Waals surface area contributed by atoms with E-state index >= 15 is 0 Å². The number of benzene rings is 1. The van der Waals surface area contributed by atoms with E-state index in [2.05, 4.69) is 30.3 Å². The second-order valence-corrected chi connectivity index (χ2v) is 3.54. The van der Waals surface area contributed by atoms with Gasteiger partial charge < -0.3 is 10.5 Å². The highest BCUT2D eigenvalue weighted by atomic mass is 16.5. The van der Waals surface area contributed by atoms with Gasteiger partial charge in [-0.05, 0) is 11.1 Å². The number of ether oxygens (including phenoxy) is 1. The molecule has 1 aliphatic heterocycles. The van der Waals surface area contributed by atoms with E-state index in [0.717, 1.165) is 13.2 Å². The first kappa shape index (κ1) is 9.44. The molecular weight excluding hydrogens is 174 g/mol. The van der Waals surface area contributed by atoms with Crippen LogP contribution in [0.25, 0.3) is 6.08 Å². The van der Waals surface area contributed by atoms with Gasteiger partial charge in [0.1, 0.15) is 0 Å². The van der Waals surface area contributed by atoms with E-state index in [9.17, 15) is 0 Å². The summed E-state index contributed by atoms with van der Waals surface area (Å²) in [5.41, 5.74) is 8.00. The van der Waals surface area contributed by atoms with Gasteiger partial charge in [-0.3, -0.25) is 0 Å². The normalized spacial score (nSPS) is 17.2. The fourth-order valence-electron chi connectivity index (χ4n) is 1.55. The predicted molar refractivity (Wildman–Crippen MR) is 58.1 cm³/mol. The summed E-state index contributed by atoms with van der Waals surface area (Å²) in [6.45, 7) is 2.32. The molecule has 0 radical (unpaired) electrons. The van der Waals surface area contributed by atoms with Gasteiger partial charge in [0, 0.05) is 12.5 Å². The standard InChI is InChI=1S/C12H15NO/c13-6-2-4-10-3-1-5-11(7-10)12-8-14-9-12/h1-5,7,12H,6,8-9,13H2/b4-2+. The lowest BCUT2D eigenvalue weighted by Gasteiger charge is -2.26. The van der Waals surface area contributed by atoms with Crippen LogP contribution in [0, 0.1) is 0 Å². The van der Waals surface area contributed by atoms with E-state index in [4.69, 9.17) is 10.5 Å². The lowest BCUT2D eigenvalue weighted by atomic mass is 9.96. The first-order chi connectivity index (χ1) is 6.90. The van der Waals surface area contributed by atoms with Crippen molar-refractivity contribution in [3.63, 3.8) is 0 Å². The van der Waals surface area contributed by atoms with Gasteiger partial charge >= 0.3 is 0 Å². The summed E-state index contributed by atoms with van der Waals surface area (Å²) >= 11 is 0. The molecule has 1 aliphatic rings. The highest BCUT2D eigenvalue weighted by molar-refractivity contribution is 5.51. The van der Waals surface area contributed by atoms with Gasteiger partial charge in [-0.2, -0.15) is 0 Å². The Morgan fingerprint density at radius 3 is 2.93 bits per heavy atom. The Morgan fingerprint density at radius 1 is 1.43 bits per heavy atom. The molecule has 0 amide bonds. The van der Waals surface area contributed by atoms with Crippen molar-refractivity contribution in [3.8, 4) is 0 Å². The van der Waals surface area contributed by atoms with Crippen LogP contribution in [0.2, 0.25) is 0 Å². The van der Waals surface area contributed by atoms with Crippen molar-refractivity contribution in [2.45, 2.75) is 5.92 Å². The Labute approximate surface area is 84.4 Å². The minimum Gasteiger partial charge on any atom is -0.380 e. The molecule has 2 rings (SSSR count). The maximum atomic E-state index is 5.40. The molecule has 0 atom stereocenters. The van der Waals surface area contributed by atoms with Crippen LogP contribution in [-0.2, 0) is 4.74 Å². The monoisotopic (exact) mass is 189 g/mol. The molecule has 2 nitrogen and oxygen atoms in total. The topological polar surface area (TPSA) is 35.2 Å². The molecule has 74 valence electrons. The van der Waals surface area contributed by atoms with Crippen molar-refractivity contribution >= 4 is 6.08 Å². The summed E-state index contributed by atoms with van der Waals surface area (Å²) in [4.78, 5) is 0. The highest BCUT2D eigenvalue weighted by Crippen LogP contribution is 2.24. The van der Waals surface area contributed by atoms with E-state index in [0.29, 0.717) is 12.5 Å². The van der Waals surface area contributed by atoms with Crippen LogP contribution in [0.15, 0.2) is 30.3 Å². The molecule has 1 heterocycles. The van der Waals surface area contributed by atoms with Gasteiger partial charge in [-0.15, -0.1) is 0 Å². The first-order valence-electron chi connectivity index (χ1n) is 4.94. The summed E-state index contributed by atoms with van der Waals surface area (Å²) in [7, 11) is 0. The minimum absolute atomic E-state index is 0.594. The highest BCUT2D eigenvalue weighted by Gasteiger charge is 2.19. The Morgan fingerprint density at radius 2 is 2.29 bits per heavy atom. The number of nitrogens with two attached hydrogens (primary N) is 1. The van der Waals surface area contributed by atoms with Crippen LogP contribution in [0.4, 0.5) is 0 Å². The third-order valence-electron chi connectivity index (χ3n) is 2.47. The van der Waals surface area contributed by atoms with Crippen LogP contribution in [-0.4, -0.2) is 19.8 Å². The molecule has 0 unspecified atom stereocenters. The summed E-state index contributed by atoms with van der Waals surface area (Å²) in [5, 5.41) is 0. The third-order valence-corrected chi connectivity index (χ3v) is 2.47. The van der Waals surface area contributed by atoms with Crippen molar-refractivity contribution in [1.82, 2.24) is 0 Å². The first-order valence-corrected chi connectivity index (χ1v) is 4.94. The molecule has 0 spiro atoms. The van der Waals surface area contributed by atoms with Crippen LogP contribution in [0.1, 0.15) is 17.0 Å². The molecule has 2 heteroatoms. The van der Waals surface area contributed by atoms with Crippen molar-refractivity contribution < 1.29 is 4.74 Å². The van der Waals surface area contributed by atoms with Gasteiger partial charge in [0.05, 0.1) is 13.2 Å². The van der Waals surface area contributed by atoms with E-state index in [1.165, 1.54) is 11.1 Å². The maximum Gasteiger partial charge on any atom is 0.0557 e. The minimum atomic E-state index is 0.594. The SMILES string of the molecule is NC/C=C/c1cccc(C2COC2)c1. The molecule has 14 heavy (non-hydrogen) atoms. The molecule has 0 aromatic heterocycles. The van der Waals surface area contributed by atoms with Crippen LogP contribution in [0.3, 0.4) is 0 Å². The molecule has 2 N–H and O–H groups in total. The van der Waals surface area contributed by atoms with Gasteiger partial charge in [0.2, 0.25) is 0 Å². The van der Waals surface area contributed by atoms with Gasteiger partial charge in [-0.1, -0.05) is 36.4 Å². The van der Waals surface area contributed by atoms with Crippen LogP contribution < -0.4 is 5.73 Å². The molecule has 0 aliphatic carbocycles. The fourth-order valence-corrected chi connectivity index (χ4v) is 1.55. The van der Waals surface area contributed by atoms with Crippen molar-refractivity contribution in [2.75, 3.05) is 19.8 Å².